The van der Waals surface area contributed by atoms with Crippen LogP contribution in [0.15, 0.2) is 24.3 Å². The van der Waals surface area contributed by atoms with Crippen molar-refractivity contribution in [3.63, 3.8) is 0 Å². The highest BCUT2D eigenvalue weighted by Crippen LogP contribution is 2.35. The number of rotatable bonds is 3. The summed E-state index contributed by atoms with van der Waals surface area (Å²) < 4.78 is 10.7. The van der Waals surface area contributed by atoms with Gasteiger partial charge >= 0.3 is 5.97 Å². The van der Waals surface area contributed by atoms with E-state index in [1.807, 2.05) is 32.0 Å². The van der Waals surface area contributed by atoms with Gasteiger partial charge in [0.1, 0.15) is 5.54 Å². The largest absolute Gasteiger partial charge is 0.467 e. The minimum atomic E-state index is -0.795. The predicted molar refractivity (Wildman–Crippen MR) is 79.1 cm³/mol. The van der Waals surface area contributed by atoms with E-state index in [0.717, 1.165) is 5.69 Å². The van der Waals surface area contributed by atoms with Gasteiger partial charge in [0.25, 0.3) is 0 Å². The average molecular weight is 298 g/mol. The van der Waals surface area contributed by atoms with E-state index in [1.165, 1.54) is 7.11 Å². The second kappa shape index (κ2) is 6.02. The molecule has 2 atom stereocenters. The molecule has 110 valence electrons. The van der Waals surface area contributed by atoms with Crippen LogP contribution in [-0.4, -0.2) is 30.8 Å². The Balaban J connectivity index is 2.33. The molecule has 1 N–H and O–H groups in total. The van der Waals surface area contributed by atoms with Crippen LogP contribution >= 0.6 is 11.6 Å². The normalized spacial score (nSPS) is 29.8. The van der Waals surface area contributed by atoms with Crippen molar-refractivity contribution in [2.24, 2.45) is 0 Å². The first-order chi connectivity index (χ1) is 9.47. The van der Waals surface area contributed by atoms with E-state index in [4.69, 9.17) is 21.1 Å². The molecule has 1 fully saturated rings. The van der Waals surface area contributed by atoms with E-state index in [1.54, 1.807) is 6.07 Å². The molecule has 0 aromatic heterocycles. The average Bonchev–Trinajstić information content (AvgIpc) is 2.39. The molecule has 1 aromatic rings. The van der Waals surface area contributed by atoms with Crippen LogP contribution in [0.3, 0.4) is 0 Å². The van der Waals surface area contributed by atoms with Crippen LogP contribution in [0.25, 0.3) is 0 Å². The number of methoxy groups -OCH3 is 1. The quantitative estimate of drug-likeness (QED) is 0.870. The van der Waals surface area contributed by atoms with Crippen LogP contribution in [0.4, 0.5) is 5.69 Å². The molecule has 0 spiro atoms. The molecule has 1 aromatic carbocycles. The van der Waals surface area contributed by atoms with E-state index in [2.05, 4.69) is 5.32 Å². The van der Waals surface area contributed by atoms with E-state index < -0.39 is 5.54 Å². The molecular formula is C15H20ClNO3. The Morgan fingerprint density at radius 1 is 1.35 bits per heavy atom. The summed E-state index contributed by atoms with van der Waals surface area (Å²) in [5.41, 5.74) is -0.0579. The zero-order chi connectivity index (χ0) is 14.8. The van der Waals surface area contributed by atoms with E-state index in [0.29, 0.717) is 17.9 Å². The van der Waals surface area contributed by atoms with E-state index in [9.17, 15) is 4.79 Å². The molecule has 0 radical (unpaired) electrons. The number of nitrogens with one attached hydrogen (secondary N) is 1. The maximum Gasteiger partial charge on any atom is 0.331 e. The summed E-state index contributed by atoms with van der Waals surface area (Å²) in [7, 11) is 1.41. The van der Waals surface area contributed by atoms with Crippen molar-refractivity contribution in [1.29, 1.82) is 0 Å². The number of hydrogen-bond acceptors (Lipinski definition) is 4. The van der Waals surface area contributed by atoms with Gasteiger partial charge in [-0.1, -0.05) is 23.7 Å². The molecule has 2 unspecified atom stereocenters. The van der Waals surface area contributed by atoms with Crippen molar-refractivity contribution in [3.8, 4) is 0 Å². The lowest BCUT2D eigenvalue weighted by Gasteiger charge is -2.41. The maximum atomic E-state index is 12.3. The highest BCUT2D eigenvalue weighted by Gasteiger charge is 2.46. The lowest BCUT2D eigenvalue weighted by molar-refractivity contribution is -0.154. The summed E-state index contributed by atoms with van der Waals surface area (Å²) in [6.07, 6.45) is 1.06. The number of carbonyl (C=O) groups excluding carboxylic acids is 1. The number of ether oxygens (including phenoxy) is 2. The van der Waals surface area contributed by atoms with Crippen molar-refractivity contribution in [2.75, 3.05) is 12.4 Å². The molecule has 1 aliphatic rings. The minimum absolute atomic E-state index is 0.0205. The van der Waals surface area contributed by atoms with Gasteiger partial charge in [-0.3, -0.25) is 0 Å². The molecule has 20 heavy (non-hydrogen) atoms. The highest BCUT2D eigenvalue weighted by molar-refractivity contribution is 6.33. The first-order valence-electron chi connectivity index (χ1n) is 6.73. The fourth-order valence-corrected chi connectivity index (χ4v) is 3.08. The van der Waals surface area contributed by atoms with E-state index in [-0.39, 0.29) is 18.2 Å². The predicted octanol–water partition coefficient (Wildman–Crippen LogP) is 3.25. The lowest BCUT2D eigenvalue weighted by atomic mass is 9.83. The summed E-state index contributed by atoms with van der Waals surface area (Å²) in [5.74, 6) is -0.278. The summed E-state index contributed by atoms with van der Waals surface area (Å²) in [6.45, 7) is 3.92. The Bertz CT molecular complexity index is 482. The Morgan fingerprint density at radius 3 is 2.50 bits per heavy atom. The molecule has 2 rings (SSSR count). The van der Waals surface area contributed by atoms with Crippen molar-refractivity contribution >= 4 is 23.3 Å². The van der Waals surface area contributed by atoms with Gasteiger partial charge in [0.2, 0.25) is 0 Å². The van der Waals surface area contributed by atoms with Crippen molar-refractivity contribution in [2.45, 2.75) is 44.4 Å². The van der Waals surface area contributed by atoms with Gasteiger partial charge in [-0.15, -0.1) is 0 Å². The maximum absolute atomic E-state index is 12.3. The monoisotopic (exact) mass is 297 g/mol. The Hall–Kier alpha value is -1.26. The fraction of sp³-hybridized carbons (Fsp3) is 0.533. The number of hydrogen-bond donors (Lipinski definition) is 1. The summed E-state index contributed by atoms with van der Waals surface area (Å²) in [5, 5.41) is 3.87. The number of anilines is 1. The molecule has 1 saturated heterocycles. The standard InChI is InChI=1S/C15H20ClNO3/c1-10-8-15(14(18)19-3,9-11(2)20-10)17-13-7-5-4-6-12(13)16/h4-7,10-11,17H,8-9H2,1-3H3. The smallest absolute Gasteiger partial charge is 0.331 e. The second-order valence-corrected chi connectivity index (χ2v) is 5.75. The third-order valence-electron chi connectivity index (χ3n) is 3.56. The highest BCUT2D eigenvalue weighted by atomic mass is 35.5. The van der Waals surface area contributed by atoms with Gasteiger partial charge in [-0.2, -0.15) is 0 Å². The summed E-state index contributed by atoms with van der Waals surface area (Å²) in [6, 6.07) is 7.39. The molecule has 0 amide bonds. The molecule has 0 bridgehead atoms. The minimum Gasteiger partial charge on any atom is -0.467 e. The molecule has 5 heteroatoms. The topological polar surface area (TPSA) is 47.6 Å². The third-order valence-corrected chi connectivity index (χ3v) is 3.89. The summed E-state index contributed by atoms with van der Waals surface area (Å²) >= 11 is 6.18. The SMILES string of the molecule is COC(=O)C1(Nc2ccccc2Cl)CC(C)OC(C)C1. The second-order valence-electron chi connectivity index (χ2n) is 5.34. The van der Waals surface area contributed by atoms with Gasteiger partial charge in [-0.05, 0) is 26.0 Å². The van der Waals surface area contributed by atoms with Crippen molar-refractivity contribution < 1.29 is 14.3 Å². The molecular weight excluding hydrogens is 278 g/mol. The van der Waals surface area contributed by atoms with Crippen LogP contribution in [0, 0.1) is 0 Å². The Morgan fingerprint density at radius 2 is 1.95 bits per heavy atom. The molecule has 1 aliphatic heterocycles. The van der Waals surface area contributed by atoms with E-state index >= 15 is 0 Å². The molecule has 0 saturated carbocycles. The number of halogens is 1. The Kier molecular flexibility index (Phi) is 4.55. The number of benzene rings is 1. The number of para-hydroxylation sites is 1. The number of esters is 1. The van der Waals surface area contributed by atoms with Crippen molar-refractivity contribution in [3.05, 3.63) is 29.3 Å². The van der Waals surface area contributed by atoms with Gasteiger partial charge in [0.15, 0.2) is 0 Å². The zero-order valence-corrected chi connectivity index (χ0v) is 12.7. The molecule has 1 heterocycles. The van der Waals surface area contributed by atoms with Crippen LogP contribution in [-0.2, 0) is 14.3 Å². The zero-order valence-electron chi connectivity index (χ0n) is 12.0. The van der Waals surface area contributed by atoms with Crippen LogP contribution < -0.4 is 5.32 Å². The summed E-state index contributed by atoms with van der Waals surface area (Å²) in [4.78, 5) is 12.3. The molecule has 0 aliphatic carbocycles. The van der Waals surface area contributed by atoms with Crippen LogP contribution in [0.2, 0.25) is 5.02 Å². The van der Waals surface area contributed by atoms with Gasteiger partial charge in [-0.25, -0.2) is 4.79 Å². The van der Waals surface area contributed by atoms with Gasteiger partial charge in [0, 0.05) is 12.8 Å². The molecule has 4 nitrogen and oxygen atoms in total. The first-order valence-corrected chi connectivity index (χ1v) is 7.11. The van der Waals surface area contributed by atoms with Crippen molar-refractivity contribution in [1.82, 2.24) is 0 Å². The van der Waals surface area contributed by atoms with Gasteiger partial charge < -0.3 is 14.8 Å². The lowest BCUT2D eigenvalue weighted by Crippen LogP contribution is -2.55. The fourth-order valence-electron chi connectivity index (χ4n) is 2.89. The van der Waals surface area contributed by atoms with Gasteiger partial charge in [0.05, 0.1) is 30.0 Å². The third kappa shape index (κ3) is 3.07. The van der Waals surface area contributed by atoms with Crippen LogP contribution in [0.1, 0.15) is 26.7 Å². The number of carbonyl (C=O) groups is 1. The first kappa shape index (κ1) is 15.1. The Labute approximate surface area is 124 Å². The van der Waals surface area contributed by atoms with Crippen LogP contribution in [0.5, 0.6) is 0 Å².